The first-order valence-electron chi connectivity index (χ1n) is 4.66. The molecule has 0 aromatic carbocycles. The monoisotopic (exact) mass is 179 g/mol. The Balaban J connectivity index is 2.04. The summed E-state index contributed by atoms with van der Waals surface area (Å²) in [6.07, 6.45) is 6.63. The van der Waals surface area contributed by atoms with Gasteiger partial charge in [0.25, 0.3) is 5.56 Å². The number of aromatic nitrogens is 2. The SMILES string of the molecule is O=c1cc(NC2CCCC2)cn[nH]1. The summed E-state index contributed by atoms with van der Waals surface area (Å²) < 4.78 is 0. The molecule has 70 valence electrons. The van der Waals surface area contributed by atoms with Crippen LogP contribution in [0.25, 0.3) is 0 Å². The number of H-pyrrole nitrogens is 1. The number of rotatable bonds is 2. The Kier molecular flexibility index (Phi) is 2.29. The fraction of sp³-hybridized carbons (Fsp3) is 0.556. The van der Waals surface area contributed by atoms with Gasteiger partial charge in [0.05, 0.1) is 11.9 Å². The van der Waals surface area contributed by atoms with Gasteiger partial charge in [0.15, 0.2) is 0 Å². The van der Waals surface area contributed by atoms with Gasteiger partial charge in [-0.1, -0.05) is 12.8 Å². The molecule has 1 aliphatic carbocycles. The zero-order valence-electron chi connectivity index (χ0n) is 7.42. The van der Waals surface area contributed by atoms with Crippen LogP contribution in [0.5, 0.6) is 0 Å². The third kappa shape index (κ3) is 2.08. The first-order chi connectivity index (χ1) is 6.34. The maximum Gasteiger partial charge on any atom is 0.266 e. The van der Waals surface area contributed by atoms with Crippen LogP contribution in [0.3, 0.4) is 0 Å². The van der Waals surface area contributed by atoms with Crippen molar-refractivity contribution >= 4 is 5.69 Å². The van der Waals surface area contributed by atoms with Gasteiger partial charge in [0.1, 0.15) is 0 Å². The van der Waals surface area contributed by atoms with E-state index in [0.717, 1.165) is 5.69 Å². The van der Waals surface area contributed by atoms with Gasteiger partial charge < -0.3 is 5.32 Å². The average Bonchev–Trinajstić information content (AvgIpc) is 2.57. The lowest BCUT2D eigenvalue weighted by atomic mass is 10.2. The summed E-state index contributed by atoms with van der Waals surface area (Å²) in [5.41, 5.74) is 0.679. The zero-order valence-corrected chi connectivity index (χ0v) is 7.42. The highest BCUT2D eigenvalue weighted by atomic mass is 16.1. The third-order valence-corrected chi connectivity index (χ3v) is 2.39. The molecule has 2 rings (SSSR count). The van der Waals surface area contributed by atoms with E-state index in [1.165, 1.54) is 25.7 Å². The number of aromatic amines is 1. The highest BCUT2D eigenvalue weighted by Gasteiger charge is 2.14. The summed E-state index contributed by atoms with van der Waals surface area (Å²) in [5, 5.41) is 9.38. The van der Waals surface area contributed by atoms with E-state index >= 15 is 0 Å². The molecule has 1 aromatic heterocycles. The number of anilines is 1. The van der Waals surface area contributed by atoms with Gasteiger partial charge in [0.2, 0.25) is 0 Å². The van der Waals surface area contributed by atoms with Crippen LogP contribution in [0, 0.1) is 0 Å². The minimum absolute atomic E-state index is 0.150. The molecule has 1 fully saturated rings. The van der Waals surface area contributed by atoms with Gasteiger partial charge in [-0.3, -0.25) is 4.79 Å². The maximum absolute atomic E-state index is 10.9. The van der Waals surface area contributed by atoms with Crippen LogP contribution in [-0.2, 0) is 0 Å². The van der Waals surface area contributed by atoms with Gasteiger partial charge in [-0.2, -0.15) is 5.10 Å². The van der Waals surface area contributed by atoms with Crippen molar-refractivity contribution in [2.24, 2.45) is 0 Å². The van der Waals surface area contributed by atoms with Crippen LogP contribution >= 0.6 is 0 Å². The largest absolute Gasteiger partial charge is 0.381 e. The smallest absolute Gasteiger partial charge is 0.266 e. The van der Waals surface area contributed by atoms with Crippen molar-refractivity contribution in [3.8, 4) is 0 Å². The Morgan fingerprint density at radius 1 is 1.46 bits per heavy atom. The van der Waals surface area contributed by atoms with Crippen LogP contribution in [0.2, 0.25) is 0 Å². The quantitative estimate of drug-likeness (QED) is 0.715. The summed E-state index contributed by atoms with van der Waals surface area (Å²) >= 11 is 0. The Morgan fingerprint density at radius 2 is 2.23 bits per heavy atom. The topological polar surface area (TPSA) is 57.8 Å². The summed E-state index contributed by atoms with van der Waals surface area (Å²) in [4.78, 5) is 10.9. The van der Waals surface area contributed by atoms with Crippen molar-refractivity contribution in [3.63, 3.8) is 0 Å². The lowest BCUT2D eigenvalue weighted by molar-refractivity contribution is 0.753. The molecule has 1 aromatic rings. The van der Waals surface area contributed by atoms with Crippen LogP contribution < -0.4 is 10.9 Å². The number of nitrogens with one attached hydrogen (secondary N) is 2. The molecule has 0 saturated heterocycles. The van der Waals surface area contributed by atoms with Crippen molar-refractivity contribution < 1.29 is 0 Å². The fourth-order valence-corrected chi connectivity index (χ4v) is 1.76. The Labute approximate surface area is 76.4 Å². The minimum Gasteiger partial charge on any atom is -0.381 e. The van der Waals surface area contributed by atoms with Crippen molar-refractivity contribution in [1.29, 1.82) is 0 Å². The number of hydrogen-bond acceptors (Lipinski definition) is 3. The van der Waals surface area contributed by atoms with Crippen LogP contribution in [0.4, 0.5) is 5.69 Å². The van der Waals surface area contributed by atoms with Crippen LogP contribution in [0.1, 0.15) is 25.7 Å². The molecule has 1 saturated carbocycles. The minimum atomic E-state index is -0.150. The zero-order chi connectivity index (χ0) is 9.10. The normalized spacial score (nSPS) is 17.5. The summed E-state index contributed by atoms with van der Waals surface area (Å²) in [5.74, 6) is 0. The number of hydrogen-bond donors (Lipinski definition) is 2. The molecule has 1 aliphatic rings. The second-order valence-corrected chi connectivity index (χ2v) is 3.46. The predicted molar refractivity (Wildman–Crippen MR) is 50.7 cm³/mol. The molecule has 0 atom stereocenters. The van der Waals surface area contributed by atoms with Gasteiger partial charge >= 0.3 is 0 Å². The maximum atomic E-state index is 10.9. The highest BCUT2D eigenvalue weighted by Crippen LogP contribution is 2.20. The van der Waals surface area contributed by atoms with E-state index in [0.29, 0.717) is 6.04 Å². The van der Waals surface area contributed by atoms with E-state index in [-0.39, 0.29) is 5.56 Å². The summed E-state index contributed by atoms with van der Waals surface area (Å²) in [6.45, 7) is 0. The van der Waals surface area contributed by atoms with E-state index in [1.54, 1.807) is 12.3 Å². The molecule has 13 heavy (non-hydrogen) atoms. The van der Waals surface area contributed by atoms with E-state index in [2.05, 4.69) is 15.5 Å². The molecule has 4 nitrogen and oxygen atoms in total. The summed E-state index contributed by atoms with van der Waals surface area (Å²) in [6, 6.07) is 2.08. The molecule has 0 radical (unpaired) electrons. The fourth-order valence-electron chi connectivity index (χ4n) is 1.76. The first kappa shape index (κ1) is 8.29. The molecule has 0 spiro atoms. The molecule has 0 bridgehead atoms. The second kappa shape index (κ2) is 3.60. The lowest BCUT2D eigenvalue weighted by Gasteiger charge is -2.11. The molecular formula is C9H13N3O. The average molecular weight is 179 g/mol. The van der Waals surface area contributed by atoms with Gasteiger partial charge in [-0.25, -0.2) is 5.10 Å². The van der Waals surface area contributed by atoms with Crippen molar-refractivity contribution in [1.82, 2.24) is 10.2 Å². The lowest BCUT2D eigenvalue weighted by Crippen LogP contribution is -2.17. The molecule has 0 unspecified atom stereocenters. The molecule has 0 aliphatic heterocycles. The Bertz CT molecular complexity index is 328. The van der Waals surface area contributed by atoms with E-state index in [9.17, 15) is 4.79 Å². The Morgan fingerprint density at radius 3 is 2.92 bits per heavy atom. The predicted octanol–water partition coefficient (Wildman–Crippen LogP) is 1.12. The van der Waals surface area contributed by atoms with Crippen molar-refractivity contribution in [3.05, 3.63) is 22.6 Å². The van der Waals surface area contributed by atoms with Crippen molar-refractivity contribution in [2.75, 3.05) is 5.32 Å². The third-order valence-electron chi connectivity index (χ3n) is 2.39. The first-order valence-corrected chi connectivity index (χ1v) is 4.66. The van der Waals surface area contributed by atoms with Gasteiger partial charge in [0, 0.05) is 12.1 Å². The molecule has 0 amide bonds. The van der Waals surface area contributed by atoms with E-state index in [1.807, 2.05) is 0 Å². The second-order valence-electron chi connectivity index (χ2n) is 3.46. The van der Waals surface area contributed by atoms with E-state index in [4.69, 9.17) is 0 Å². The molecular weight excluding hydrogens is 166 g/mol. The Hall–Kier alpha value is -1.32. The van der Waals surface area contributed by atoms with Crippen LogP contribution in [0.15, 0.2) is 17.1 Å². The molecule has 4 heteroatoms. The van der Waals surface area contributed by atoms with E-state index < -0.39 is 0 Å². The highest BCUT2D eigenvalue weighted by molar-refractivity contribution is 5.39. The van der Waals surface area contributed by atoms with Gasteiger partial charge in [-0.05, 0) is 12.8 Å². The van der Waals surface area contributed by atoms with Crippen molar-refractivity contribution in [2.45, 2.75) is 31.7 Å². The van der Waals surface area contributed by atoms with Gasteiger partial charge in [-0.15, -0.1) is 0 Å². The number of nitrogens with zero attached hydrogens (tertiary/aromatic N) is 1. The molecule has 1 heterocycles. The van der Waals surface area contributed by atoms with Crippen LogP contribution in [-0.4, -0.2) is 16.2 Å². The standard InChI is InChI=1S/C9H13N3O/c13-9-5-8(6-10-12-9)11-7-3-1-2-4-7/h5-7H,1-4H2,(H2,11,12,13). The molecule has 2 N–H and O–H groups in total. The summed E-state index contributed by atoms with van der Waals surface area (Å²) in [7, 11) is 0.